The van der Waals surface area contributed by atoms with Gasteiger partial charge in [0.1, 0.15) is 0 Å². The number of hydrogen-bond acceptors (Lipinski definition) is 20. The van der Waals surface area contributed by atoms with Gasteiger partial charge in [-0.25, -0.2) is 0 Å². The smallest absolute Gasteiger partial charge is 0.313 e. The highest BCUT2D eigenvalue weighted by Crippen LogP contribution is 2.25. The summed E-state index contributed by atoms with van der Waals surface area (Å²) >= 11 is 0. The van der Waals surface area contributed by atoms with E-state index in [4.69, 9.17) is 18.9 Å². The van der Waals surface area contributed by atoms with Crippen molar-refractivity contribution in [1.29, 1.82) is 0 Å². The molecule has 2 rings (SSSR count). The van der Waals surface area contributed by atoms with Crippen molar-refractivity contribution in [2.24, 2.45) is 21.7 Å². The predicted molar refractivity (Wildman–Crippen MR) is 290 cm³/mol. The van der Waals surface area contributed by atoms with Gasteiger partial charge in [0.25, 0.3) is 0 Å². The molecule has 436 valence electrons. The summed E-state index contributed by atoms with van der Waals surface area (Å²) in [5.41, 5.74) is -2.46. The summed E-state index contributed by atoms with van der Waals surface area (Å²) in [6.07, 6.45) is -0.208. The number of aliphatic hydroxyl groups excluding tert-OH is 4. The van der Waals surface area contributed by atoms with Crippen molar-refractivity contribution in [2.45, 2.75) is 147 Å². The molecule has 2 heterocycles. The van der Waals surface area contributed by atoms with Gasteiger partial charge in [0, 0.05) is 78.5 Å². The molecule has 2 saturated heterocycles. The lowest BCUT2D eigenvalue weighted by atomic mass is 9.91. The van der Waals surface area contributed by atoms with Crippen LogP contribution in [0.1, 0.15) is 122 Å². The number of rotatable bonds is 20. The maximum absolute atomic E-state index is 12.4. The van der Waals surface area contributed by atoms with E-state index in [0.717, 1.165) is 118 Å². The number of esters is 4. The molecule has 0 aromatic rings. The second kappa shape index (κ2) is 34.3. The number of ether oxygens (including phenoxy) is 4. The lowest BCUT2D eigenvalue weighted by Gasteiger charge is -2.33. The van der Waals surface area contributed by atoms with Gasteiger partial charge < -0.3 is 59.0 Å². The number of hydrogen-bond donors (Lipinski definition) is 4. The Bertz CT molecular complexity index is 1480. The summed E-state index contributed by atoms with van der Waals surface area (Å²) in [5, 5.41) is 41.8. The van der Waals surface area contributed by atoms with Crippen molar-refractivity contribution >= 4 is 23.9 Å². The van der Waals surface area contributed by atoms with Gasteiger partial charge in [-0.2, -0.15) is 0 Å². The van der Waals surface area contributed by atoms with Crippen LogP contribution in [0.25, 0.3) is 0 Å². The third kappa shape index (κ3) is 28.1. The molecule has 4 atom stereocenters. The Kier molecular flexibility index (Phi) is 32.2. The van der Waals surface area contributed by atoms with Crippen LogP contribution in [0.3, 0.4) is 0 Å². The van der Waals surface area contributed by atoms with Crippen LogP contribution in [-0.4, -0.2) is 268 Å². The van der Waals surface area contributed by atoms with Crippen molar-refractivity contribution < 1.29 is 58.6 Å². The second-order valence-electron chi connectivity index (χ2n) is 23.5. The fourth-order valence-corrected chi connectivity index (χ4v) is 7.37. The molecule has 4 unspecified atom stereocenters. The van der Waals surface area contributed by atoms with E-state index in [-0.39, 0.29) is 37.0 Å². The third-order valence-electron chi connectivity index (χ3n) is 15.2. The fraction of sp³-hybridized carbons (Fsp3) is 0.926. The van der Waals surface area contributed by atoms with Gasteiger partial charge in [-0.1, -0.05) is 27.7 Å². The van der Waals surface area contributed by atoms with Crippen LogP contribution in [0.5, 0.6) is 0 Å². The zero-order valence-electron chi connectivity index (χ0n) is 49.3. The van der Waals surface area contributed by atoms with E-state index < -0.39 is 46.8 Å². The maximum Gasteiger partial charge on any atom is 0.313 e. The Labute approximate surface area is 447 Å². The summed E-state index contributed by atoms with van der Waals surface area (Å²) < 4.78 is 21.4. The Morgan fingerprint density at radius 3 is 0.703 bits per heavy atom. The van der Waals surface area contributed by atoms with Crippen molar-refractivity contribution in [3.8, 4) is 0 Å². The van der Waals surface area contributed by atoms with E-state index in [1.807, 2.05) is 97.2 Å². The van der Waals surface area contributed by atoms with Crippen molar-refractivity contribution in [2.75, 3.05) is 159 Å². The van der Waals surface area contributed by atoms with Crippen LogP contribution in [0.4, 0.5) is 0 Å². The molecule has 20 nitrogen and oxygen atoms in total. The van der Waals surface area contributed by atoms with E-state index in [2.05, 4.69) is 53.3 Å². The molecule has 0 aromatic carbocycles. The van der Waals surface area contributed by atoms with Gasteiger partial charge >= 0.3 is 23.9 Å². The topological polar surface area (TPSA) is 212 Å². The molecule has 0 radical (unpaired) electrons. The minimum atomic E-state index is -1.16. The maximum atomic E-state index is 12.4. The first kappa shape index (κ1) is 69.4. The summed E-state index contributed by atoms with van der Waals surface area (Å²) in [4.78, 5) is 66.9. The number of carbonyl (C=O) groups excluding carboxylic acids is 4. The van der Waals surface area contributed by atoms with Crippen LogP contribution in [0.15, 0.2) is 0 Å². The SMILES string of the molecule is CCC(C)(C)C(=O)OC(O)CN1CCCN(C)CCN(CC(O)OC(=O)C(C)(C)CC)CCCN(C)CC1.CCC(C)(C)C(=O)OC(O)CN1CCN(C)CCN(CC(O)OC(=O)C(C)(C)CC)CCN(C)CC1. The molecule has 20 heteroatoms. The van der Waals surface area contributed by atoms with Crippen molar-refractivity contribution in [3.05, 3.63) is 0 Å². The second-order valence-corrected chi connectivity index (χ2v) is 23.5. The Morgan fingerprint density at radius 2 is 0.514 bits per heavy atom. The number of carbonyl (C=O) groups is 4. The molecule has 0 aliphatic carbocycles. The first-order chi connectivity index (χ1) is 34.4. The molecule has 0 saturated carbocycles. The zero-order chi connectivity index (χ0) is 56.5. The molecule has 4 N–H and O–H groups in total. The van der Waals surface area contributed by atoms with Crippen LogP contribution in [-0.2, 0) is 38.1 Å². The van der Waals surface area contributed by atoms with Gasteiger partial charge in [-0.3, -0.25) is 38.8 Å². The average Bonchev–Trinajstić information content (AvgIpc) is 3.33. The third-order valence-corrected chi connectivity index (χ3v) is 15.2. The molecule has 74 heavy (non-hydrogen) atoms. The number of likely N-dealkylation sites (N-methyl/N-ethyl adjacent to an activating group) is 4. The first-order valence-electron chi connectivity index (χ1n) is 27.6. The molecule has 2 aliphatic rings. The normalized spacial score (nSPS) is 20.8. The van der Waals surface area contributed by atoms with Crippen molar-refractivity contribution in [1.82, 2.24) is 39.2 Å². The van der Waals surface area contributed by atoms with Crippen LogP contribution < -0.4 is 0 Å². The average molecular weight is 1060 g/mol. The Balaban J connectivity index is 0.000000741. The van der Waals surface area contributed by atoms with E-state index in [1.54, 1.807) is 0 Å². The molecular formula is C54H108N8O12. The molecule has 0 amide bonds. The summed E-state index contributed by atoms with van der Waals surface area (Å²) in [7, 11) is 8.22. The van der Waals surface area contributed by atoms with Crippen molar-refractivity contribution in [3.63, 3.8) is 0 Å². The number of aliphatic hydroxyl groups is 4. The van der Waals surface area contributed by atoms with Gasteiger partial charge in [0.2, 0.25) is 25.2 Å². The minimum absolute atomic E-state index is 0.269. The summed E-state index contributed by atoms with van der Waals surface area (Å²) in [6.45, 7) is 36.0. The molecular weight excluding hydrogens is 953 g/mol. The lowest BCUT2D eigenvalue weighted by Crippen LogP contribution is -2.48. The number of β-amino-alcohol motifs (C(OH)–C–C–N with tert-alkyl or cyclic N) is 4. The fourth-order valence-electron chi connectivity index (χ4n) is 7.37. The highest BCUT2D eigenvalue weighted by Gasteiger charge is 2.33. The van der Waals surface area contributed by atoms with Crippen LogP contribution in [0.2, 0.25) is 0 Å². The Hall–Kier alpha value is -2.60. The summed E-state index contributed by atoms with van der Waals surface area (Å²) in [5.74, 6) is -1.51. The van der Waals surface area contributed by atoms with Gasteiger partial charge in [-0.15, -0.1) is 0 Å². The number of nitrogens with zero attached hydrogens (tertiary/aromatic N) is 8. The molecule has 0 aromatic heterocycles. The molecule has 2 fully saturated rings. The molecule has 0 spiro atoms. The molecule has 2 aliphatic heterocycles. The largest absolute Gasteiger partial charge is 0.434 e. The van der Waals surface area contributed by atoms with Crippen LogP contribution >= 0.6 is 0 Å². The van der Waals surface area contributed by atoms with E-state index in [1.165, 1.54) is 0 Å². The zero-order valence-corrected chi connectivity index (χ0v) is 49.3. The minimum Gasteiger partial charge on any atom is -0.434 e. The standard InChI is InChI=1S/C28H56N4O6.C26H52N4O6/c1-9-27(3,4)25(35)37-23(33)21-31-15-11-13-30(8)18-20-32(16-12-14-29(7)17-19-31)22-24(34)38-26(36)28(5,6)10-2;1-9-25(3,4)23(33)35-21(31)19-29-15-11-27(7)13-17-30(18-14-28(8)12-16-29)20-22(32)36-24(34)26(5,6)10-2/h23-24,33-34H,9-22H2,1-8H3;21-22,31-32H,9-20H2,1-8H3. The monoisotopic (exact) mass is 1060 g/mol. The summed E-state index contributed by atoms with van der Waals surface area (Å²) in [6, 6.07) is 0. The van der Waals surface area contributed by atoms with Gasteiger partial charge in [0.15, 0.2) is 0 Å². The predicted octanol–water partition coefficient (Wildman–Crippen LogP) is 2.91. The van der Waals surface area contributed by atoms with Crippen LogP contribution in [0, 0.1) is 21.7 Å². The molecule has 0 bridgehead atoms. The Morgan fingerprint density at radius 1 is 0.338 bits per heavy atom. The lowest BCUT2D eigenvalue weighted by molar-refractivity contribution is -0.182. The highest BCUT2D eigenvalue weighted by atomic mass is 16.7. The highest BCUT2D eigenvalue weighted by molar-refractivity contribution is 5.77. The van der Waals surface area contributed by atoms with E-state index >= 15 is 0 Å². The van der Waals surface area contributed by atoms with E-state index in [9.17, 15) is 39.6 Å². The first-order valence-corrected chi connectivity index (χ1v) is 27.6. The van der Waals surface area contributed by atoms with Gasteiger partial charge in [-0.05, 0) is 148 Å². The van der Waals surface area contributed by atoms with Gasteiger partial charge in [0.05, 0.1) is 47.8 Å². The quantitative estimate of drug-likeness (QED) is 0.0785. The van der Waals surface area contributed by atoms with E-state index in [0.29, 0.717) is 38.8 Å².